The summed E-state index contributed by atoms with van der Waals surface area (Å²) in [4.78, 5) is 11.7. The van der Waals surface area contributed by atoms with E-state index in [1.165, 1.54) is 0 Å². The number of rotatable bonds is 4. The van der Waals surface area contributed by atoms with Crippen molar-refractivity contribution in [3.05, 3.63) is 58.9 Å². The molecule has 0 aliphatic heterocycles. The number of benzene rings is 2. The quantitative estimate of drug-likeness (QED) is 0.901. The van der Waals surface area contributed by atoms with Gasteiger partial charge in [0.05, 0.1) is 17.3 Å². The number of carbonyl (C=O) groups excluding carboxylic acids is 1. The lowest BCUT2D eigenvalue weighted by Crippen LogP contribution is -2.22. The fourth-order valence-corrected chi connectivity index (χ4v) is 1.82. The maximum atomic E-state index is 13.4. The standard InChI is InChI=1S/C14H10ClF3N2O/c15-9-3-1-2-4-12(9)20-13(21)7-19-14-10(17)5-8(16)6-11(14)18/h1-6,19H,7H2,(H,20,21). The van der Waals surface area contributed by atoms with E-state index >= 15 is 0 Å². The van der Waals surface area contributed by atoms with E-state index in [0.717, 1.165) is 0 Å². The number of para-hydroxylation sites is 1. The molecule has 0 saturated carbocycles. The summed E-state index contributed by atoms with van der Waals surface area (Å²) in [5.41, 5.74) is -0.184. The summed E-state index contributed by atoms with van der Waals surface area (Å²) < 4.78 is 39.5. The molecule has 2 N–H and O–H groups in total. The molecule has 0 spiro atoms. The number of carbonyl (C=O) groups is 1. The number of anilines is 2. The second-order valence-electron chi connectivity index (χ2n) is 4.13. The minimum Gasteiger partial charge on any atom is -0.371 e. The van der Waals surface area contributed by atoms with Crippen molar-refractivity contribution in [2.45, 2.75) is 0 Å². The fraction of sp³-hybridized carbons (Fsp3) is 0.0714. The summed E-state index contributed by atoms with van der Waals surface area (Å²) in [5.74, 6) is -3.81. The van der Waals surface area contributed by atoms with E-state index in [0.29, 0.717) is 22.8 Å². The third kappa shape index (κ3) is 3.88. The van der Waals surface area contributed by atoms with Crippen LogP contribution in [0.3, 0.4) is 0 Å². The van der Waals surface area contributed by atoms with Crippen LogP contribution in [0.15, 0.2) is 36.4 Å². The maximum absolute atomic E-state index is 13.4. The van der Waals surface area contributed by atoms with Crippen LogP contribution in [0.5, 0.6) is 0 Å². The molecule has 3 nitrogen and oxygen atoms in total. The number of nitrogens with one attached hydrogen (secondary N) is 2. The average Bonchev–Trinajstić information content (AvgIpc) is 2.40. The zero-order valence-corrected chi connectivity index (χ0v) is 11.3. The topological polar surface area (TPSA) is 41.1 Å². The number of halogens is 4. The van der Waals surface area contributed by atoms with E-state index in [-0.39, 0.29) is 0 Å². The molecule has 0 unspecified atom stereocenters. The Morgan fingerprint density at radius 2 is 1.71 bits per heavy atom. The van der Waals surface area contributed by atoms with Crippen LogP contribution in [-0.4, -0.2) is 12.5 Å². The molecule has 21 heavy (non-hydrogen) atoms. The third-order valence-electron chi connectivity index (χ3n) is 2.58. The van der Waals surface area contributed by atoms with Crippen molar-refractivity contribution >= 4 is 28.9 Å². The normalized spacial score (nSPS) is 10.3. The van der Waals surface area contributed by atoms with Crippen molar-refractivity contribution in [1.82, 2.24) is 0 Å². The first-order valence-corrected chi connectivity index (χ1v) is 6.28. The van der Waals surface area contributed by atoms with Gasteiger partial charge in [-0.25, -0.2) is 13.2 Å². The molecule has 0 aliphatic rings. The molecule has 7 heteroatoms. The van der Waals surface area contributed by atoms with Gasteiger partial charge in [-0.1, -0.05) is 23.7 Å². The van der Waals surface area contributed by atoms with Crippen LogP contribution in [0.2, 0.25) is 5.02 Å². The van der Waals surface area contributed by atoms with E-state index in [1.807, 2.05) is 0 Å². The van der Waals surface area contributed by atoms with Crippen LogP contribution in [0.1, 0.15) is 0 Å². The SMILES string of the molecule is O=C(CNc1c(F)cc(F)cc1F)Nc1ccccc1Cl. The first-order valence-electron chi connectivity index (χ1n) is 5.90. The molecule has 0 atom stereocenters. The molecule has 2 aromatic carbocycles. The molecule has 0 bridgehead atoms. The lowest BCUT2D eigenvalue weighted by molar-refractivity contribution is -0.114. The number of hydrogen-bond acceptors (Lipinski definition) is 2. The second kappa shape index (κ2) is 6.49. The molecule has 2 rings (SSSR count). The Labute approximate surface area is 123 Å². The molecular formula is C14H10ClF3N2O. The summed E-state index contributed by atoms with van der Waals surface area (Å²) in [5, 5.41) is 5.09. The molecule has 1 amide bonds. The number of amides is 1. The van der Waals surface area contributed by atoms with Gasteiger partial charge in [-0.05, 0) is 12.1 Å². The van der Waals surface area contributed by atoms with Gasteiger partial charge in [0, 0.05) is 12.1 Å². The highest BCUT2D eigenvalue weighted by atomic mass is 35.5. The first-order chi connectivity index (χ1) is 9.97. The molecule has 2 aromatic rings. The van der Waals surface area contributed by atoms with Crippen molar-refractivity contribution in [1.29, 1.82) is 0 Å². The minimum atomic E-state index is -1.11. The monoisotopic (exact) mass is 314 g/mol. The van der Waals surface area contributed by atoms with Crippen molar-refractivity contribution in [2.75, 3.05) is 17.2 Å². The molecule has 0 aromatic heterocycles. The Kier molecular flexibility index (Phi) is 4.70. The van der Waals surface area contributed by atoms with Crippen LogP contribution >= 0.6 is 11.6 Å². The zero-order valence-electron chi connectivity index (χ0n) is 10.6. The molecule has 0 radical (unpaired) electrons. The highest BCUT2D eigenvalue weighted by Gasteiger charge is 2.13. The van der Waals surface area contributed by atoms with E-state index < -0.39 is 35.6 Å². The predicted molar refractivity (Wildman–Crippen MR) is 74.9 cm³/mol. The molecule has 0 saturated heterocycles. The Bertz CT molecular complexity index is 656. The van der Waals surface area contributed by atoms with Crippen LogP contribution in [-0.2, 0) is 4.79 Å². The van der Waals surface area contributed by atoms with E-state index in [2.05, 4.69) is 10.6 Å². The smallest absolute Gasteiger partial charge is 0.243 e. The summed E-state index contributed by atoms with van der Waals surface area (Å²) in [6.07, 6.45) is 0. The van der Waals surface area contributed by atoms with Gasteiger partial charge in [0.1, 0.15) is 11.5 Å². The van der Waals surface area contributed by atoms with Gasteiger partial charge < -0.3 is 10.6 Å². The van der Waals surface area contributed by atoms with Crippen LogP contribution in [0, 0.1) is 17.5 Å². The molecule has 110 valence electrons. The van der Waals surface area contributed by atoms with E-state index in [1.54, 1.807) is 24.3 Å². The van der Waals surface area contributed by atoms with Crippen LogP contribution < -0.4 is 10.6 Å². The van der Waals surface area contributed by atoms with Crippen molar-refractivity contribution < 1.29 is 18.0 Å². The Balaban J connectivity index is 2.01. The number of hydrogen-bond donors (Lipinski definition) is 2. The fourth-order valence-electron chi connectivity index (χ4n) is 1.64. The van der Waals surface area contributed by atoms with Crippen molar-refractivity contribution in [2.24, 2.45) is 0 Å². The van der Waals surface area contributed by atoms with Crippen molar-refractivity contribution in [3.63, 3.8) is 0 Å². The highest BCUT2D eigenvalue weighted by Crippen LogP contribution is 2.21. The Morgan fingerprint density at radius 1 is 1.10 bits per heavy atom. The van der Waals surface area contributed by atoms with E-state index in [9.17, 15) is 18.0 Å². The summed E-state index contributed by atoms with van der Waals surface area (Å²) in [7, 11) is 0. The summed E-state index contributed by atoms with van der Waals surface area (Å²) >= 11 is 5.86. The predicted octanol–water partition coefficient (Wildman–Crippen LogP) is 3.81. The third-order valence-corrected chi connectivity index (χ3v) is 2.91. The van der Waals surface area contributed by atoms with Gasteiger partial charge in [0.15, 0.2) is 11.6 Å². The average molecular weight is 315 g/mol. The molecule has 0 aliphatic carbocycles. The Hall–Kier alpha value is -2.21. The summed E-state index contributed by atoms with van der Waals surface area (Å²) in [6.45, 7) is -0.398. The largest absolute Gasteiger partial charge is 0.371 e. The zero-order chi connectivity index (χ0) is 15.4. The maximum Gasteiger partial charge on any atom is 0.243 e. The second-order valence-corrected chi connectivity index (χ2v) is 4.53. The first kappa shape index (κ1) is 15.2. The van der Waals surface area contributed by atoms with Gasteiger partial charge in [-0.3, -0.25) is 4.79 Å². The molecular weight excluding hydrogens is 305 g/mol. The van der Waals surface area contributed by atoms with Gasteiger partial charge >= 0.3 is 0 Å². The summed E-state index contributed by atoms with van der Waals surface area (Å²) in [6, 6.07) is 7.59. The van der Waals surface area contributed by atoms with Crippen molar-refractivity contribution in [3.8, 4) is 0 Å². The molecule has 0 fully saturated rings. The van der Waals surface area contributed by atoms with E-state index in [4.69, 9.17) is 11.6 Å². The Morgan fingerprint density at radius 3 is 2.33 bits per heavy atom. The van der Waals surface area contributed by atoms with Gasteiger partial charge in [0.25, 0.3) is 0 Å². The van der Waals surface area contributed by atoms with Gasteiger partial charge in [-0.2, -0.15) is 0 Å². The van der Waals surface area contributed by atoms with Crippen LogP contribution in [0.25, 0.3) is 0 Å². The minimum absolute atomic E-state index is 0.338. The highest BCUT2D eigenvalue weighted by molar-refractivity contribution is 6.33. The lowest BCUT2D eigenvalue weighted by atomic mass is 10.2. The lowest BCUT2D eigenvalue weighted by Gasteiger charge is -2.10. The van der Waals surface area contributed by atoms with Crippen LogP contribution in [0.4, 0.5) is 24.5 Å². The van der Waals surface area contributed by atoms with Gasteiger partial charge in [-0.15, -0.1) is 0 Å². The molecule has 0 heterocycles. The van der Waals surface area contributed by atoms with Gasteiger partial charge in [0.2, 0.25) is 5.91 Å².